The zero-order valence-corrected chi connectivity index (χ0v) is 10.3. The first-order valence-corrected chi connectivity index (χ1v) is 6.17. The van der Waals surface area contributed by atoms with Gasteiger partial charge in [-0.15, -0.1) is 11.6 Å². The first kappa shape index (κ1) is 12.2. The molecule has 0 aromatic carbocycles. The largest absolute Gasteiger partial charge is 0.331 e. The third-order valence-corrected chi connectivity index (χ3v) is 3.63. The van der Waals surface area contributed by atoms with Crippen molar-refractivity contribution >= 4 is 23.3 Å². The van der Waals surface area contributed by atoms with E-state index >= 15 is 0 Å². The van der Waals surface area contributed by atoms with Crippen molar-refractivity contribution in [3.63, 3.8) is 0 Å². The number of imidazole rings is 1. The van der Waals surface area contributed by atoms with Gasteiger partial charge in [-0.25, -0.2) is 4.98 Å². The van der Waals surface area contributed by atoms with E-state index < -0.39 is 0 Å². The normalized spacial score (nSPS) is 24.6. The van der Waals surface area contributed by atoms with Crippen molar-refractivity contribution < 1.29 is 4.79 Å². The molecule has 5 heteroatoms. The first-order chi connectivity index (χ1) is 8.15. The molecule has 1 aliphatic carbocycles. The standard InChI is InChI=1S/C12H16ClN3O/c1-8-2-3-10(13)9(4-8)5-12(17)16-11-6-14-7-15-11/h6-7,9-10H,1-5H2,(H,14,15)(H,16,17). The Morgan fingerprint density at radius 1 is 1.71 bits per heavy atom. The van der Waals surface area contributed by atoms with E-state index in [1.165, 1.54) is 11.9 Å². The average molecular weight is 254 g/mol. The minimum Gasteiger partial charge on any atom is -0.331 e. The van der Waals surface area contributed by atoms with Crippen molar-refractivity contribution in [2.75, 3.05) is 5.32 Å². The molecule has 1 fully saturated rings. The molecule has 2 N–H and O–H groups in total. The van der Waals surface area contributed by atoms with Gasteiger partial charge >= 0.3 is 0 Å². The maximum Gasteiger partial charge on any atom is 0.225 e. The lowest BCUT2D eigenvalue weighted by atomic mass is 9.83. The van der Waals surface area contributed by atoms with Crippen molar-refractivity contribution in [1.82, 2.24) is 9.97 Å². The van der Waals surface area contributed by atoms with Crippen LogP contribution in [0.15, 0.2) is 24.7 Å². The highest BCUT2D eigenvalue weighted by atomic mass is 35.5. The van der Waals surface area contributed by atoms with E-state index in [4.69, 9.17) is 11.6 Å². The number of amides is 1. The second kappa shape index (κ2) is 5.36. The number of allylic oxidation sites excluding steroid dienone is 1. The Hall–Kier alpha value is -1.29. The van der Waals surface area contributed by atoms with Gasteiger partial charge in [-0.1, -0.05) is 12.2 Å². The van der Waals surface area contributed by atoms with E-state index in [1.807, 2.05) is 0 Å². The summed E-state index contributed by atoms with van der Waals surface area (Å²) in [6.45, 7) is 3.98. The van der Waals surface area contributed by atoms with Gasteiger partial charge < -0.3 is 10.3 Å². The summed E-state index contributed by atoms with van der Waals surface area (Å²) >= 11 is 6.23. The highest BCUT2D eigenvalue weighted by Gasteiger charge is 2.27. The highest BCUT2D eigenvalue weighted by molar-refractivity contribution is 6.21. The maximum atomic E-state index is 11.8. The van der Waals surface area contributed by atoms with Crippen LogP contribution in [0.2, 0.25) is 0 Å². The smallest absolute Gasteiger partial charge is 0.225 e. The number of halogens is 1. The fourth-order valence-electron chi connectivity index (χ4n) is 2.14. The molecule has 1 aromatic rings. The van der Waals surface area contributed by atoms with Gasteiger partial charge in [0, 0.05) is 11.8 Å². The second-order valence-electron chi connectivity index (χ2n) is 4.49. The number of carbonyl (C=O) groups is 1. The van der Waals surface area contributed by atoms with Gasteiger partial charge in [0.15, 0.2) is 0 Å². The Labute approximate surface area is 105 Å². The summed E-state index contributed by atoms with van der Waals surface area (Å²) in [4.78, 5) is 18.5. The van der Waals surface area contributed by atoms with Gasteiger partial charge in [-0.3, -0.25) is 4.79 Å². The van der Waals surface area contributed by atoms with Crippen molar-refractivity contribution in [3.05, 3.63) is 24.7 Å². The van der Waals surface area contributed by atoms with Gasteiger partial charge in [0.2, 0.25) is 5.91 Å². The zero-order chi connectivity index (χ0) is 12.3. The number of aromatic amines is 1. The van der Waals surface area contributed by atoms with Crippen LogP contribution in [0.4, 0.5) is 5.82 Å². The number of nitrogens with zero attached hydrogens (tertiary/aromatic N) is 1. The highest BCUT2D eigenvalue weighted by Crippen LogP contribution is 2.33. The summed E-state index contributed by atoms with van der Waals surface area (Å²) in [5.41, 5.74) is 1.20. The molecule has 1 aliphatic rings. The van der Waals surface area contributed by atoms with Gasteiger partial charge in [-0.2, -0.15) is 0 Å². The van der Waals surface area contributed by atoms with Crippen LogP contribution in [0.25, 0.3) is 0 Å². The van der Waals surface area contributed by atoms with Crippen LogP contribution < -0.4 is 5.32 Å². The number of H-pyrrole nitrogens is 1. The van der Waals surface area contributed by atoms with Crippen LogP contribution in [0.1, 0.15) is 25.7 Å². The molecule has 1 aromatic heterocycles. The molecule has 17 heavy (non-hydrogen) atoms. The Morgan fingerprint density at radius 3 is 3.24 bits per heavy atom. The molecular formula is C12H16ClN3O. The molecule has 92 valence electrons. The topological polar surface area (TPSA) is 57.8 Å². The fraction of sp³-hybridized carbons (Fsp3) is 0.500. The van der Waals surface area contributed by atoms with Crippen molar-refractivity contribution in [1.29, 1.82) is 0 Å². The third kappa shape index (κ3) is 3.33. The van der Waals surface area contributed by atoms with E-state index in [2.05, 4.69) is 21.9 Å². The molecule has 0 saturated heterocycles. The van der Waals surface area contributed by atoms with Gasteiger partial charge in [-0.05, 0) is 25.2 Å². The van der Waals surface area contributed by atoms with E-state index in [0.29, 0.717) is 12.2 Å². The molecule has 2 unspecified atom stereocenters. The lowest BCUT2D eigenvalue weighted by Gasteiger charge is -2.27. The molecule has 0 aliphatic heterocycles. The zero-order valence-electron chi connectivity index (χ0n) is 9.58. The molecule has 1 amide bonds. The summed E-state index contributed by atoms with van der Waals surface area (Å²) in [5, 5.41) is 2.84. The summed E-state index contributed by atoms with van der Waals surface area (Å²) in [7, 11) is 0. The van der Waals surface area contributed by atoms with Crippen molar-refractivity contribution in [2.45, 2.75) is 31.1 Å². The predicted octanol–water partition coefficient (Wildman–Crippen LogP) is 2.70. The van der Waals surface area contributed by atoms with E-state index in [9.17, 15) is 4.79 Å². The fourth-order valence-corrected chi connectivity index (χ4v) is 2.43. The van der Waals surface area contributed by atoms with Crippen LogP contribution >= 0.6 is 11.6 Å². The number of carbonyl (C=O) groups excluding carboxylic acids is 1. The van der Waals surface area contributed by atoms with Crippen molar-refractivity contribution in [3.8, 4) is 0 Å². The maximum absolute atomic E-state index is 11.8. The number of hydrogen-bond donors (Lipinski definition) is 2. The van der Waals surface area contributed by atoms with Gasteiger partial charge in [0.25, 0.3) is 0 Å². The minimum absolute atomic E-state index is 0.0281. The lowest BCUT2D eigenvalue weighted by molar-refractivity contribution is -0.117. The van der Waals surface area contributed by atoms with E-state index in [1.54, 1.807) is 6.20 Å². The predicted molar refractivity (Wildman–Crippen MR) is 68.0 cm³/mol. The Morgan fingerprint density at radius 2 is 2.53 bits per heavy atom. The Bertz CT molecular complexity index is 402. The van der Waals surface area contributed by atoms with Gasteiger partial charge in [0.05, 0.1) is 12.5 Å². The van der Waals surface area contributed by atoms with E-state index in [0.717, 1.165) is 19.3 Å². The van der Waals surface area contributed by atoms with Crippen LogP contribution in [0.3, 0.4) is 0 Å². The molecule has 0 radical (unpaired) electrons. The van der Waals surface area contributed by atoms with Crippen LogP contribution in [-0.2, 0) is 4.79 Å². The molecule has 1 heterocycles. The minimum atomic E-state index is -0.0281. The monoisotopic (exact) mass is 253 g/mol. The number of alkyl halides is 1. The number of hydrogen-bond acceptors (Lipinski definition) is 2. The van der Waals surface area contributed by atoms with E-state index in [-0.39, 0.29) is 17.2 Å². The Kier molecular flexibility index (Phi) is 3.84. The average Bonchev–Trinajstić information content (AvgIpc) is 2.76. The lowest BCUT2D eigenvalue weighted by Crippen LogP contribution is -2.26. The third-order valence-electron chi connectivity index (χ3n) is 3.06. The van der Waals surface area contributed by atoms with Crippen molar-refractivity contribution in [2.24, 2.45) is 5.92 Å². The summed E-state index contributed by atoms with van der Waals surface area (Å²) in [6, 6.07) is 0. The molecule has 0 spiro atoms. The number of aromatic nitrogens is 2. The number of anilines is 1. The SMILES string of the molecule is C=C1CCC(Cl)C(CC(=O)Nc2cnc[nH]2)C1. The molecule has 2 rings (SSSR count). The summed E-state index contributed by atoms with van der Waals surface area (Å²) < 4.78 is 0. The van der Waals surface area contributed by atoms with Crippen LogP contribution in [-0.4, -0.2) is 21.3 Å². The van der Waals surface area contributed by atoms with Crippen LogP contribution in [0.5, 0.6) is 0 Å². The summed E-state index contributed by atoms with van der Waals surface area (Å²) in [6.07, 6.45) is 6.30. The number of rotatable bonds is 3. The molecule has 0 bridgehead atoms. The van der Waals surface area contributed by atoms with Crippen LogP contribution in [0, 0.1) is 5.92 Å². The second-order valence-corrected chi connectivity index (χ2v) is 5.05. The molecule has 2 atom stereocenters. The van der Waals surface area contributed by atoms with Gasteiger partial charge in [0.1, 0.15) is 5.82 Å². The molecule has 4 nitrogen and oxygen atoms in total. The molecular weight excluding hydrogens is 238 g/mol. The summed E-state index contributed by atoms with van der Waals surface area (Å²) in [5.74, 6) is 0.788. The number of nitrogens with one attached hydrogen (secondary N) is 2. The Balaban J connectivity index is 1.87. The first-order valence-electron chi connectivity index (χ1n) is 5.74. The molecule has 1 saturated carbocycles. The quantitative estimate of drug-likeness (QED) is 0.643.